The highest BCUT2D eigenvalue weighted by molar-refractivity contribution is 5.58. The third-order valence-corrected chi connectivity index (χ3v) is 4.52. The standard InChI is InChI=1S/C18H20F3N5/c1-12(6-7-13-4-2-3-5-13)25-15-10-24-17(14-8-22-11-23-9-14)26-16(15)18(19,20)21/h8-11,13,25H,1-7H2. The molecule has 2 aromatic heterocycles. The fourth-order valence-electron chi connectivity index (χ4n) is 3.17. The van der Waals surface area contributed by atoms with Crippen LogP contribution in [0.4, 0.5) is 18.9 Å². The molecular weight excluding hydrogens is 343 g/mol. The van der Waals surface area contributed by atoms with Gasteiger partial charge >= 0.3 is 6.18 Å². The smallest absolute Gasteiger partial charge is 0.356 e. The molecule has 1 fully saturated rings. The van der Waals surface area contributed by atoms with E-state index in [4.69, 9.17) is 0 Å². The Hall–Kier alpha value is -2.51. The molecule has 0 saturated heterocycles. The van der Waals surface area contributed by atoms with E-state index in [2.05, 4.69) is 31.8 Å². The molecule has 5 nitrogen and oxygen atoms in total. The Balaban J connectivity index is 1.76. The van der Waals surface area contributed by atoms with E-state index in [-0.39, 0.29) is 11.5 Å². The van der Waals surface area contributed by atoms with Crippen molar-refractivity contribution in [2.24, 2.45) is 5.92 Å². The van der Waals surface area contributed by atoms with Crippen molar-refractivity contribution < 1.29 is 13.2 Å². The van der Waals surface area contributed by atoms with Crippen molar-refractivity contribution in [3.05, 3.63) is 42.9 Å². The van der Waals surface area contributed by atoms with Crippen LogP contribution in [0.2, 0.25) is 0 Å². The Kier molecular flexibility index (Phi) is 5.49. The van der Waals surface area contributed by atoms with Gasteiger partial charge in [0, 0.05) is 18.1 Å². The zero-order valence-corrected chi connectivity index (χ0v) is 14.3. The molecule has 3 rings (SSSR count). The van der Waals surface area contributed by atoms with Gasteiger partial charge in [-0.2, -0.15) is 13.2 Å². The molecule has 1 aliphatic carbocycles. The summed E-state index contributed by atoms with van der Waals surface area (Å²) in [6.45, 7) is 3.86. The Labute approximate surface area is 149 Å². The molecule has 0 aliphatic heterocycles. The summed E-state index contributed by atoms with van der Waals surface area (Å²) in [6.07, 6.45) is 6.99. The van der Waals surface area contributed by atoms with Gasteiger partial charge in [0.25, 0.3) is 0 Å². The molecule has 0 amide bonds. The number of allylic oxidation sites excluding steroid dienone is 1. The monoisotopic (exact) mass is 363 g/mol. The quantitative estimate of drug-likeness (QED) is 0.795. The average Bonchev–Trinajstić information content (AvgIpc) is 3.14. The largest absolute Gasteiger partial charge is 0.435 e. The van der Waals surface area contributed by atoms with Gasteiger partial charge in [-0.3, -0.25) is 0 Å². The molecule has 2 aromatic rings. The fraction of sp³-hybridized carbons (Fsp3) is 0.444. The molecule has 0 bridgehead atoms. The van der Waals surface area contributed by atoms with Gasteiger partial charge in [-0.15, -0.1) is 0 Å². The van der Waals surface area contributed by atoms with Crippen LogP contribution in [0.3, 0.4) is 0 Å². The van der Waals surface area contributed by atoms with E-state index in [1.807, 2.05) is 0 Å². The molecule has 1 aliphatic rings. The van der Waals surface area contributed by atoms with Crippen LogP contribution >= 0.6 is 0 Å². The third kappa shape index (κ3) is 4.56. The lowest BCUT2D eigenvalue weighted by Crippen LogP contribution is -2.14. The number of alkyl halides is 3. The fourth-order valence-corrected chi connectivity index (χ4v) is 3.17. The molecule has 138 valence electrons. The van der Waals surface area contributed by atoms with Crippen LogP contribution in [0.15, 0.2) is 37.2 Å². The van der Waals surface area contributed by atoms with Crippen molar-refractivity contribution in [2.75, 3.05) is 5.32 Å². The summed E-state index contributed by atoms with van der Waals surface area (Å²) in [7, 11) is 0. The maximum Gasteiger partial charge on any atom is 0.435 e. The van der Waals surface area contributed by atoms with E-state index in [1.54, 1.807) is 0 Å². The zero-order chi connectivity index (χ0) is 18.6. The normalized spacial score (nSPS) is 15.2. The van der Waals surface area contributed by atoms with Gasteiger partial charge in [-0.05, 0) is 18.8 Å². The highest BCUT2D eigenvalue weighted by Crippen LogP contribution is 2.35. The number of nitrogens with one attached hydrogen (secondary N) is 1. The predicted octanol–water partition coefficient (Wildman–Crippen LogP) is 4.85. The minimum atomic E-state index is -4.61. The number of halogens is 3. The highest BCUT2D eigenvalue weighted by atomic mass is 19.4. The Morgan fingerprint density at radius 1 is 1.15 bits per heavy atom. The molecule has 26 heavy (non-hydrogen) atoms. The first kappa shape index (κ1) is 18.3. The second kappa shape index (κ2) is 7.80. The van der Waals surface area contributed by atoms with Crippen molar-refractivity contribution in [3.8, 4) is 11.4 Å². The summed E-state index contributed by atoms with van der Waals surface area (Å²) in [5.41, 5.74) is -0.339. The minimum absolute atomic E-state index is 0.0694. The van der Waals surface area contributed by atoms with Crippen LogP contribution in [0.5, 0.6) is 0 Å². The SMILES string of the molecule is C=C(CCC1CCCC1)Nc1cnc(-c2cncnc2)nc1C(F)(F)F. The number of hydrogen-bond donors (Lipinski definition) is 1. The van der Waals surface area contributed by atoms with Gasteiger partial charge in [-0.25, -0.2) is 19.9 Å². The van der Waals surface area contributed by atoms with E-state index >= 15 is 0 Å². The number of rotatable bonds is 6. The minimum Gasteiger partial charge on any atom is -0.356 e. The maximum absolute atomic E-state index is 13.4. The van der Waals surface area contributed by atoms with Gasteiger partial charge in [0.2, 0.25) is 0 Å². The molecule has 0 atom stereocenters. The summed E-state index contributed by atoms with van der Waals surface area (Å²) in [5.74, 6) is 0.576. The summed E-state index contributed by atoms with van der Waals surface area (Å²) in [4.78, 5) is 15.3. The van der Waals surface area contributed by atoms with E-state index in [1.165, 1.54) is 44.4 Å². The number of aromatic nitrogens is 4. The Morgan fingerprint density at radius 3 is 2.50 bits per heavy atom. The van der Waals surface area contributed by atoms with E-state index in [0.717, 1.165) is 12.6 Å². The second-order valence-corrected chi connectivity index (χ2v) is 6.50. The Bertz CT molecular complexity index is 755. The lowest BCUT2D eigenvalue weighted by atomic mass is 10.0. The summed E-state index contributed by atoms with van der Waals surface area (Å²) >= 11 is 0. The molecule has 0 radical (unpaired) electrons. The van der Waals surface area contributed by atoms with Crippen LogP contribution in [0.25, 0.3) is 11.4 Å². The average molecular weight is 363 g/mol. The van der Waals surface area contributed by atoms with Crippen LogP contribution in [0.1, 0.15) is 44.2 Å². The zero-order valence-electron chi connectivity index (χ0n) is 14.3. The first-order chi connectivity index (χ1) is 12.4. The number of anilines is 1. The Morgan fingerprint density at radius 2 is 1.85 bits per heavy atom. The topological polar surface area (TPSA) is 63.6 Å². The molecule has 0 unspecified atom stereocenters. The van der Waals surface area contributed by atoms with E-state index in [0.29, 0.717) is 23.6 Å². The summed E-state index contributed by atoms with van der Waals surface area (Å²) < 4.78 is 40.3. The van der Waals surface area contributed by atoms with Crippen molar-refractivity contribution in [3.63, 3.8) is 0 Å². The van der Waals surface area contributed by atoms with Crippen molar-refractivity contribution in [1.29, 1.82) is 0 Å². The number of nitrogens with zero attached hydrogens (tertiary/aromatic N) is 4. The van der Waals surface area contributed by atoms with Crippen LogP contribution in [-0.2, 0) is 6.18 Å². The van der Waals surface area contributed by atoms with Crippen molar-refractivity contribution >= 4 is 5.69 Å². The first-order valence-electron chi connectivity index (χ1n) is 8.58. The maximum atomic E-state index is 13.4. The van der Waals surface area contributed by atoms with Gasteiger partial charge < -0.3 is 5.32 Å². The van der Waals surface area contributed by atoms with Gasteiger partial charge in [0.1, 0.15) is 6.33 Å². The highest BCUT2D eigenvalue weighted by Gasteiger charge is 2.36. The third-order valence-electron chi connectivity index (χ3n) is 4.52. The molecular formula is C18H20F3N5. The molecule has 0 spiro atoms. The summed E-state index contributed by atoms with van der Waals surface area (Å²) in [5, 5.41) is 2.75. The summed E-state index contributed by atoms with van der Waals surface area (Å²) in [6, 6.07) is 0. The van der Waals surface area contributed by atoms with Crippen molar-refractivity contribution in [2.45, 2.75) is 44.7 Å². The lowest BCUT2D eigenvalue weighted by molar-refractivity contribution is -0.140. The van der Waals surface area contributed by atoms with Gasteiger partial charge in [-0.1, -0.05) is 32.3 Å². The van der Waals surface area contributed by atoms with E-state index < -0.39 is 11.9 Å². The van der Waals surface area contributed by atoms with Crippen LogP contribution < -0.4 is 5.32 Å². The van der Waals surface area contributed by atoms with Crippen LogP contribution in [0, 0.1) is 5.92 Å². The van der Waals surface area contributed by atoms with Gasteiger partial charge in [0.05, 0.1) is 17.4 Å². The molecule has 1 N–H and O–H groups in total. The lowest BCUT2D eigenvalue weighted by Gasteiger charge is -2.16. The second-order valence-electron chi connectivity index (χ2n) is 6.50. The van der Waals surface area contributed by atoms with Crippen LogP contribution in [-0.4, -0.2) is 19.9 Å². The predicted molar refractivity (Wildman–Crippen MR) is 92.0 cm³/mol. The van der Waals surface area contributed by atoms with Crippen molar-refractivity contribution in [1.82, 2.24) is 19.9 Å². The molecule has 1 saturated carbocycles. The number of hydrogen-bond acceptors (Lipinski definition) is 5. The molecule has 2 heterocycles. The van der Waals surface area contributed by atoms with Gasteiger partial charge in [0.15, 0.2) is 11.5 Å². The molecule has 0 aromatic carbocycles. The molecule has 8 heteroatoms. The van der Waals surface area contributed by atoms with E-state index in [9.17, 15) is 13.2 Å². The first-order valence-corrected chi connectivity index (χ1v) is 8.58.